The fourth-order valence-corrected chi connectivity index (χ4v) is 2.99. The number of methoxy groups -OCH3 is 1. The van der Waals surface area contributed by atoms with Gasteiger partial charge in [-0.1, -0.05) is 36.4 Å². The van der Waals surface area contributed by atoms with Gasteiger partial charge in [0.2, 0.25) is 0 Å². The van der Waals surface area contributed by atoms with Gasteiger partial charge in [0.1, 0.15) is 5.75 Å². The van der Waals surface area contributed by atoms with Gasteiger partial charge in [-0.15, -0.1) is 0 Å². The Hall–Kier alpha value is -3.47. The Morgan fingerprint density at radius 3 is 2.08 bits per heavy atom. The van der Waals surface area contributed by atoms with Crippen molar-refractivity contribution < 1.29 is 14.3 Å². The number of rotatable bonds is 3. The minimum absolute atomic E-state index is 0.379. The molecule has 0 fully saturated rings. The summed E-state index contributed by atoms with van der Waals surface area (Å²) in [4.78, 5) is 24.7. The number of carbonyl (C=O) groups is 2. The predicted molar refractivity (Wildman–Crippen MR) is 95.0 cm³/mol. The Balaban J connectivity index is 1.73. The number of nitrogens with zero attached hydrogens (tertiary/aromatic N) is 2. The van der Waals surface area contributed by atoms with Crippen molar-refractivity contribution in [3.8, 4) is 5.75 Å². The van der Waals surface area contributed by atoms with E-state index < -0.39 is 11.8 Å². The van der Waals surface area contributed by atoms with Crippen molar-refractivity contribution in [1.29, 1.82) is 0 Å². The Kier molecular flexibility index (Phi) is 3.54. The third-order valence-electron chi connectivity index (χ3n) is 4.22. The first-order chi connectivity index (χ1) is 12.2. The van der Waals surface area contributed by atoms with Crippen molar-refractivity contribution >= 4 is 28.8 Å². The number of carbonyl (C=O) groups excluding carboxylic acids is 2. The van der Waals surface area contributed by atoms with Gasteiger partial charge in [0.25, 0.3) is 11.8 Å². The van der Waals surface area contributed by atoms with Crippen molar-refractivity contribution in [2.24, 2.45) is 5.10 Å². The summed E-state index contributed by atoms with van der Waals surface area (Å²) in [6.07, 6.45) is 1.53. The molecule has 0 spiro atoms. The fraction of sp³-hybridized carbons (Fsp3) is 0.0500. The van der Waals surface area contributed by atoms with Crippen molar-refractivity contribution in [3.05, 3.63) is 77.4 Å². The number of hydrogen-bond donors (Lipinski definition) is 0. The van der Waals surface area contributed by atoms with Gasteiger partial charge >= 0.3 is 0 Å². The average Bonchev–Trinajstić information content (AvgIpc) is 2.91. The van der Waals surface area contributed by atoms with E-state index in [1.54, 1.807) is 31.4 Å². The Labute approximate surface area is 144 Å². The molecule has 0 unspecified atom stereocenters. The second-order valence-corrected chi connectivity index (χ2v) is 5.61. The highest BCUT2D eigenvalue weighted by Crippen LogP contribution is 2.28. The number of ether oxygens (including phenoxy) is 1. The van der Waals surface area contributed by atoms with Crippen LogP contribution in [0.4, 0.5) is 0 Å². The minimum atomic E-state index is -0.408. The third-order valence-corrected chi connectivity index (χ3v) is 4.22. The zero-order chi connectivity index (χ0) is 17.4. The summed E-state index contributed by atoms with van der Waals surface area (Å²) in [6.45, 7) is 0. The van der Waals surface area contributed by atoms with Crippen molar-refractivity contribution in [3.63, 3.8) is 0 Å². The SMILES string of the molecule is COc1ccc(C=NN2C(=O)c3ccccc3C2=O)c2ccccc12. The highest BCUT2D eigenvalue weighted by molar-refractivity contribution is 6.21. The largest absolute Gasteiger partial charge is 0.496 e. The second-order valence-electron chi connectivity index (χ2n) is 5.61. The van der Waals surface area contributed by atoms with E-state index in [1.165, 1.54) is 6.21 Å². The first-order valence-electron chi connectivity index (χ1n) is 7.78. The Bertz CT molecular complexity index is 1010. The highest BCUT2D eigenvalue weighted by atomic mass is 16.5. The molecule has 3 aromatic rings. The lowest BCUT2D eigenvalue weighted by molar-refractivity contribution is 0.0660. The van der Waals surface area contributed by atoms with Gasteiger partial charge in [-0.2, -0.15) is 10.1 Å². The van der Waals surface area contributed by atoms with Crippen LogP contribution >= 0.6 is 0 Å². The number of hydrazone groups is 1. The topological polar surface area (TPSA) is 59.0 Å². The van der Waals surface area contributed by atoms with Crippen molar-refractivity contribution in [2.75, 3.05) is 7.11 Å². The molecule has 0 N–H and O–H groups in total. The van der Waals surface area contributed by atoms with Gasteiger partial charge in [0, 0.05) is 10.9 Å². The third kappa shape index (κ3) is 2.37. The molecule has 5 nitrogen and oxygen atoms in total. The van der Waals surface area contributed by atoms with E-state index in [0.717, 1.165) is 27.1 Å². The van der Waals surface area contributed by atoms with Gasteiger partial charge in [-0.05, 0) is 29.7 Å². The van der Waals surface area contributed by atoms with Gasteiger partial charge < -0.3 is 4.74 Å². The molecule has 25 heavy (non-hydrogen) atoms. The molecule has 2 amide bonds. The molecule has 0 atom stereocenters. The number of amides is 2. The van der Waals surface area contributed by atoms with Crippen molar-refractivity contribution in [1.82, 2.24) is 5.01 Å². The van der Waals surface area contributed by atoms with Crippen LogP contribution in [0.2, 0.25) is 0 Å². The fourth-order valence-electron chi connectivity index (χ4n) is 2.99. The van der Waals surface area contributed by atoms with E-state index >= 15 is 0 Å². The number of benzene rings is 3. The maximum atomic E-state index is 12.4. The summed E-state index contributed by atoms with van der Waals surface area (Å²) in [5.41, 5.74) is 1.56. The molecule has 1 heterocycles. The predicted octanol–water partition coefficient (Wildman–Crippen LogP) is 3.48. The zero-order valence-corrected chi connectivity index (χ0v) is 13.5. The average molecular weight is 330 g/mol. The standard InChI is InChI=1S/C20H14N2O3/c1-25-18-11-10-13(14-6-2-3-7-15(14)18)12-21-22-19(23)16-8-4-5-9-17(16)20(22)24/h2-12H,1H3. The van der Waals surface area contributed by atoms with Crippen LogP contribution in [-0.2, 0) is 0 Å². The van der Waals surface area contributed by atoms with Crippen LogP contribution < -0.4 is 4.74 Å². The summed E-state index contributed by atoms with van der Waals surface area (Å²) < 4.78 is 5.37. The highest BCUT2D eigenvalue weighted by Gasteiger charge is 2.35. The molecule has 0 aromatic heterocycles. The molecule has 0 radical (unpaired) electrons. The normalized spacial score (nSPS) is 13.7. The smallest absolute Gasteiger partial charge is 0.282 e. The zero-order valence-electron chi connectivity index (χ0n) is 13.5. The van der Waals surface area contributed by atoms with Gasteiger partial charge in [0.15, 0.2) is 0 Å². The maximum Gasteiger partial charge on any atom is 0.282 e. The molecule has 1 aliphatic rings. The van der Waals surface area contributed by atoms with E-state index in [4.69, 9.17) is 4.74 Å². The first-order valence-corrected chi connectivity index (χ1v) is 7.78. The Morgan fingerprint density at radius 2 is 1.44 bits per heavy atom. The van der Waals surface area contributed by atoms with Crippen LogP contribution in [0.1, 0.15) is 26.3 Å². The maximum absolute atomic E-state index is 12.4. The van der Waals surface area contributed by atoms with E-state index in [9.17, 15) is 9.59 Å². The quantitative estimate of drug-likeness (QED) is 0.546. The molecule has 0 bridgehead atoms. The van der Waals surface area contributed by atoms with Gasteiger partial charge in [-0.3, -0.25) is 9.59 Å². The Morgan fingerprint density at radius 1 is 0.840 bits per heavy atom. The summed E-state index contributed by atoms with van der Waals surface area (Å²) in [5, 5.41) is 6.92. The van der Waals surface area contributed by atoms with Crippen LogP contribution in [0.25, 0.3) is 10.8 Å². The van der Waals surface area contributed by atoms with E-state index in [1.807, 2.05) is 36.4 Å². The minimum Gasteiger partial charge on any atom is -0.496 e. The number of imide groups is 1. The van der Waals surface area contributed by atoms with Crippen LogP contribution in [0, 0.1) is 0 Å². The van der Waals surface area contributed by atoms with Crippen molar-refractivity contribution in [2.45, 2.75) is 0 Å². The summed E-state index contributed by atoms with van der Waals surface area (Å²) in [5.74, 6) is -0.0576. The van der Waals surface area contributed by atoms with Crippen LogP contribution in [0.5, 0.6) is 5.75 Å². The van der Waals surface area contributed by atoms with Crippen LogP contribution in [0.15, 0.2) is 65.8 Å². The summed E-state index contributed by atoms with van der Waals surface area (Å²) >= 11 is 0. The monoisotopic (exact) mass is 330 g/mol. The lowest BCUT2D eigenvalue weighted by atomic mass is 10.0. The molecule has 1 aliphatic heterocycles. The molecule has 5 heteroatoms. The first kappa shape index (κ1) is 15.1. The number of fused-ring (bicyclic) bond motifs is 2. The molecular formula is C20H14N2O3. The number of hydrogen-bond acceptors (Lipinski definition) is 4. The summed E-state index contributed by atoms with van der Waals surface area (Å²) in [7, 11) is 1.62. The molecule has 122 valence electrons. The molecule has 4 rings (SSSR count). The van der Waals surface area contributed by atoms with Gasteiger partial charge in [-0.25, -0.2) is 0 Å². The molecule has 3 aromatic carbocycles. The van der Waals surface area contributed by atoms with E-state index in [2.05, 4.69) is 5.10 Å². The molecule has 0 saturated heterocycles. The molecule has 0 saturated carbocycles. The van der Waals surface area contributed by atoms with Crippen LogP contribution in [-0.4, -0.2) is 30.1 Å². The molecule has 0 aliphatic carbocycles. The van der Waals surface area contributed by atoms with Crippen LogP contribution in [0.3, 0.4) is 0 Å². The lowest BCUT2D eigenvalue weighted by Crippen LogP contribution is -2.24. The van der Waals surface area contributed by atoms with E-state index in [0.29, 0.717) is 11.1 Å². The van der Waals surface area contributed by atoms with Gasteiger partial charge in [0.05, 0.1) is 24.5 Å². The van der Waals surface area contributed by atoms with E-state index in [-0.39, 0.29) is 0 Å². The lowest BCUT2D eigenvalue weighted by Gasteiger charge is -2.09. The summed E-state index contributed by atoms with van der Waals surface area (Å²) in [6, 6.07) is 18.2. The molecular weight excluding hydrogens is 316 g/mol. The second kappa shape index (κ2) is 5.87.